The summed E-state index contributed by atoms with van der Waals surface area (Å²) in [6, 6.07) is 2.97. The summed E-state index contributed by atoms with van der Waals surface area (Å²) < 4.78 is 116. The number of methoxy groups -OCH3 is 3. The van der Waals surface area contributed by atoms with Crippen molar-refractivity contribution >= 4 is 35.9 Å². The van der Waals surface area contributed by atoms with Crippen molar-refractivity contribution in [2.24, 2.45) is 50.2 Å². The Hall–Kier alpha value is -5.83. The zero-order valence-corrected chi connectivity index (χ0v) is 75.0. The van der Waals surface area contributed by atoms with Crippen LogP contribution in [-0.4, -0.2) is 412 Å². The third-order valence-corrected chi connectivity index (χ3v) is 30.3. The molecule has 7 saturated heterocycles. The van der Waals surface area contributed by atoms with Crippen LogP contribution in [0.1, 0.15) is 132 Å². The normalized spacial score (nSPS) is 46.4. The molecular weight excluding hydrogens is 1760 g/mol. The number of hydrogen-bond donors (Lipinski definition) is 21. The molecule has 42 atom stereocenters. The van der Waals surface area contributed by atoms with E-state index in [1.807, 2.05) is 33.8 Å². The van der Waals surface area contributed by atoms with E-state index in [1.165, 1.54) is 60.3 Å². The maximum atomic E-state index is 16.8. The smallest absolute Gasteiger partial charge is 0.331 e. The molecule has 0 unspecified atom stereocenters. The minimum Gasteiger partial charge on any atom is -0.493 e. The molecule has 7 aliphatic heterocycles. The van der Waals surface area contributed by atoms with Crippen LogP contribution in [0.15, 0.2) is 29.9 Å². The third kappa shape index (κ3) is 19.2. The van der Waals surface area contributed by atoms with Crippen LogP contribution in [0, 0.1) is 50.2 Å². The fraction of sp³-hybridized carbons (Fsp3) is 0.828. The van der Waals surface area contributed by atoms with Crippen molar-refractivity contribution in [1.82, 2.24) is 0 Å². The summed E-state index contributed by atoms with van der Waals surface area (Å²) in [6.45, 7) is 7.11. The van der Waals surface area contributed by atoms with Crippen LogP contribution in [0.4, 0.5) is 0 Å². The number of carboxylic acids is 2. The number of carbonyl (C=O) groups excluding carboxylic acids is 3. The van der Waals surface area contributed by atoms with Gasteiger partial charge in [0.1, 0.15) is 129 Å². The van der Waals surface area contributed by atoms with E-state index in [4.69, 9.17) is 90.0 Å². The van der Waals surface area contributed by atoms with Crippen LogP contribution in [-0.2, 0) is 99.8 Å². The molecule has 7 heterocycles. The quantitative estimate of drug-likeness (QED) is 0.0109. The summed E-state index contributed by atoms with van der Waals surface area (Å²) in [5, 5.41) is 237. The van der Waals surface area contributed by atoms with Crippen LogP contribution < -0.4 is 14.2 Å². The molecule has 13 rings (SSSR count). The van der Waals surface area contributed by atoms with Crippen molar-refractivity contribution in [1.29, 1.82) is 0 Å². The summed E-state index contributed by atoms with van der Waals surface area (Å²) in [5.74, 6) is -7.86. The Kier molecular flexibility index (Phi) is 31.5. The Morgan fingerprint density at radius 3 is 1.64 bits per heavy atom. The average Bonchev–Trinajstić information content (AvgIpc) is 0.711. The Morgan fingerprint density at radius 1 is 0.538 bits per heavy atom. The van der Waals surface area contributed by atoms with Gasteiger partial charge in [-0.15, -0.1) is 0 Å². The summed E-state index contributed by atoms with van der Waals surface area (Å²) in [5.41, 5.74) is -11.2. The first-order chi connectivity index (χ1) is 62.0. The van der Waals surface area contributed by atoms with E-state index in [-0.39, 0.29) is 74.2 Å². The van der Waals surface area contributed by atoms with Crippen LogP contribution in [0.5, 0.6) is 17.2 Å². The lowest BCUT2D eigenvalue weighted by molar-refractivity contribution is -0.398. The number of fused-ring (bicyclic) bond motifs is 7. The van der Waals surface area contributed by atoms with Gasteiger partial charge < -0.3 is 197 Å². The zero-order valence-electron chi connectivity index (χ0n) is 75.0. The number of ether oxygens (including phenoxy) is 19. The number of carbonyl (C=O) groups is 5. The molecule has 0 radical (unpaired) electrons. The minimum absolute atomic E-state index is 0.0344. The molecule has 0 amide bonds. The van der Waals surface area contributed by atoms with Crippen molar-refractivity contribution in [2.45, 2.75) is 334 Å². The van der Waals surface area contributed by atoms with Crippen molar-refractivity contribution in [3.63, 3.8) is 0 Å². The van der Waals surface area contributed by atoms with Crippen molar-refractivity contribution < 1.29 is 221 Å². The highest BCUT2D eigenvalue weighted by molar-refractivity contribution is 5.87. The highest BCUT2D eigenvalue weighted by Gasteiger charge is 2.75. The predicted molar refractivity (Wildman–Crippen MR) is 435 cm³/mol. The SMILES string of the molecule is COc1cc(C=CC(=O)O[C@@H]2[C@H](O[C@@H]3O[C@H](CO)[C@@H](O)[C@H](O)[C@H]3O)[C@@H](O[C@@H]3O[C@@H](C)[C@H](O[C@@H]4OC[C@@H](O)[C@H](O[C@@H]5O[C@H](CO)[C@@H](O)[C@@H]5O)[C@H]4O)[C@@H](O[C@@H]4OC[C@](O)(COC(=O)C[C@@](C)(O)CC(=O)O)[C@H]4O)[C@H]3O)[C@H](OC(=O)[C@]34CCC(C)(C)C[C@H]3C3=CC[C@@H]5[C@@]6(C)C[C@H](O)[C@H](O[C@@H]7O[C@H](CO)[C@@H](O)[C@H](O)[C@H]7O)[C@@](C)(C(=O)O)[C@@H]6CC[C@@]5(C)[C@]3(CO)CC4)O[C@@H]2C)cc(OC)c1OC. The lowest BCUT2D eigenvalue weighted by atomic mass is 9.33. The molecule has 0 bridgehead atoms. The van der Waals surface area contributed by atoms with Crippen LogP contribution >= 0.6 is 0 Å². The lowest BCUT2D eigenvalue weighted by Crippen LogP contribution is -2.71. The second-order valence-corrected chi connectivity index (χ2v) is 39.2. The van der Waals surface area contributed by atoms with Crippen LogP contribution in [0.2, 0.25) is 0 Å². The Bertz CT molecular complexity index is 4220. The largest absolute Gasteiger partial charge is 0.493 e. The van der Waals surface area contributed by atoms with E-state index in [2.05, 4.69) is 0 Å². The summed E-state index contributed by atoms with van der Waals surface area (Å²) in [6.07, 6.45) is -58.3. The van der Waals surface area contributed by atoms with Gasteiger partial charge in [-0.05, 0) is 143 Å². The number of aliphatic hydroxyl groups is 19. The molecule has 0 aromatic heterocycles. The molecular formula is C87H130O45. The first kappa shape index (κ1) is 104. The van der Waals surface area contributed by atoms with Crippen molar-refractivity contribution in [3.8, 4) is 17.2 Å². The second kappa shape index (κ2) is 40.2. The van der Waals surface area contributed by atoms with Gasteiger partial charge in [-0.1, -0.05) is 39.3 Å². The van der Waals surface area contributed by atoms with Gasteiger partial charge in [-0.25, -0.2) is 4.79 Å². The fourth-order valence-corrected chi connectivity index (χ4v) is 23.0. The number of benzene rings is 1. The molecule has 11 fully saturated rings. The van der Waals surface area contributed by atoms with Gasteiger partial charge in [0.2, 0.25) is 12.0 Å². The molecule has 1 aromatic rings. The van der Waals surface area contributed by atoms with Gasteiger partial charge in [-0.2, -0.15) is 0 Å². The molecule has 45 heteroatoms. The number of hydrogen-bond acceptors (Lipinski definition) is 43. The van der Waals surface area contributed by atoms with E-state index in [1.54, 1.807) is 0 Å². The van der Waals surface area contributed by atoms with Gasteiger partial charge in [0.25, 0.3) is 0 Å². The number of esters is 3. The molecule has 21 N–H and O–H groups in total. The van der Waals surface area contributed by atoms with Gasteiger partial charge in [0.15, 0.2) is 67.0 Å². The molecule has 45 nitrogen and oxygen atoms in total. The van der Waals surface area contributed by atoms with Crippen LogP contribution in [0.25, 0.3) is 6.08 Å². The molecule has 748 valence electrons. The Morgan fingerprint density at radius 2 is 1.07 bits per heavy atom. The Balaban J connectivity index is 0.881. The van der Waals surface area contributed by atoms with Gasteiger partial charge in [0.05, 0.1) is 109 Å². The fourth-order valence-electron chi connectivity index (χ4n) is 23.0. The first-order valence-corrected chi connectivity index (χ1v) is 44.4. The van der Waals surface area contributed by atoms with E-state index < -0.39 is 347 Å². The highest BCUT2D eigenvalue weighted by Crippen LogP contribution is 2.76. The number of allylic oxidation sites excluding steroid dienone is 1. The lowest BCUT2D eigenvalue weighted by Gasteiger charge is -2.71. The molecule has 132 heavy (non-hydrogen) atoms. The zero-order chi connectivity index (χ0) is 96.7. The number of carboxylic acid groups (broad SMARTS) is 2. The molecule has 5 aliphatic carbocycles. The maximum Gasteiger partial charge on any atom is 0.331 e. The molecule has 4 saturated carbocycles. The van der Waals surface area contributed by atoms with E-state index in [0.717, 1.165) is 13.0 Å². The number of aliphatic carboxylic acids is 2. The standard InChI is InChI=1S/C87H130O45/c1-35-62(126-71-60(106)64(41(93)31-117-71)127-72-57(103)54(100)46(30-90)123-72)66(128-77-69(108)87(113,34-119-77)33-118-51(97)27-81(5,112)26-49(94)95)61(107)75(120-35)130-68-67(129-73-58(104)55(101)52(98)44(28-88)122-73)63(125-50(96)15-12-37-22-42(114-9)65(116-11)43(23-37)115-10)36(2)121-76(68)132-79(111)85-19-18-80(3,4)24-39(85)38-13-14-47-82(6)25-40(92)70(131-74-59(105)56(102)53(99)45(29-89)124-74)84(8,78(109)110)48(82)16-17-83(47,7)86(38,32-91)21-20-85/h12-13,15,22-23,35-36,39-41,44-48,52-64,66-77,88-93,98-108,112-113H,14,16-21,24-34H2,1-11H3,(H,94,95)(H,109,110)/t35-,36+,39-,40-,41+,44+,45+,46+,47+,48+,52+,53+,54+,55-,56-,57-,58+,59+,60+,61+,62-,63-,64-,66-,67-,68+,69-,70-,71-,72-,73-,74-,75-,76-,77-,81-,82+,83+,84-,85-,86-,87+/m0/s1. The van der Waals surface area contributed by atoms with Gasteiger partial charge in [-0.3, -0.25) is 19.2 Å². The second-order valence-electron chi connectivity index (χ2n) is 39.2. The van der Waals surface area contributed by atoms with Crippen LogP contribution in [0.3, 0.4) is 0 Å². The maximum absolute atomic E-state index is 16.8. The van der Waals surface area contributed by atoms with E-state index in [0.29, 0.717) is 12.0 Å². The number of aliphatic hydroxyl groups excluding tert-OH is 17. The monoisotopic (exact) mass is 1890 g/mol. The van der Waals surface area contributed by atoms with Gasteiger partial charge in [0, 0.05) is 11.5 Å². The highest BCUT2D eigenvalue weighted by atomic mass is 16.8. The van der Waals surface area contributed by atoms with Gasteiger partial charge >= 0.3 is 29.8 Å². The summed E-state index contributed by atoms with van der Waals surface area (Å²) in [7, 11) is 4.07. The topological polar surface area (TPSA) is 686 Å². The predicted octanol–water partition coefficient (Wildman–Crippen LogP) is -5.12. The minimum atomic E-state index is -2.63. The Labute approximate surface area is 758 Å². The van der Waals surface area contributed by atoms with E-state index in [9.17, 15) is 126 Å². The van der Waals surface area contributed by atoms with Crippen molar-refractivity contribution in [3.05, 3.63) is 35.4 Å². The first-order valence-electron chi connectivity index (χ1n) is 44.4. The average molecular weight is 1900 g/mol. The van der Waals surface area contributed by atoms with E-state index >= 15 is 4.79 Å². The van der Waals surface area contributed by atoms with Crippen molar-refractivity contribution in [2.75, 3.05) is 67.6 Å². The summed E-state index contributed by atoms with van der Waals surface area (Å²) >= 11 is 0. The molecule has 0 spiro atoms. The summed E-state index contributed by atoms with van der Waals surface area (Å²) in [4.78, 5) is 70.5. The third-order valence-electron chi connectivity index (χ3n) is 30.3. The molecule has 1 aromatic carbocycles. The number of rotatable bonds is 31. The molecule has 12 aliphatic rings.